The highest BCUT2D eigenvalue weighted by molar-refractivity contribution is 5.89. The number of nitrogens with two attached hydrogens (primary N) is 1. The van der Waals surface area contributed by atoms with Crippen molar-refractivity contribution in [1.29, 1.82) is 0 Å². The first kappa shape index (κ1) is 18.3. The number of methoxy groups -OCH3 is 1. The molecule has 2 rings (SSSR count). The van der Waals surface area contributed by atoms with Gasteiger partial charge < -0.3 is 25.5 Å². The van der Waals surface area contributed by atoms with Crippen molar-refractivity contribution >= 4 is 11.9 Å². The lowest BCUT2D eigenvalue weighted by molar-refractivity contribution is 0.0732. The molecule has 0 radical (unpaired) electrons. The maximum atomic E-state index is 11.1. The first-order chi connectivity index (χ1) is 11.6. The van der Waals surface area contributed by atoms with E-state index < -0.39 is 5.91 Å². The number of guanidine groups is 1. The molecule has 7 nitrogen and oxygen atoms in total. The Kier molecular flexibility index (Phi) is 6.66. The Morgan fingerprint density at radius 2 is 2.21 bits per heavy atom. The summed E-state index contributed by atoms with van der Waals surface area (Å²) in [5.41, 5.74) is 5.50. The number of carbonyl (C=O) groups is 1. The first-order valence-electron chi connectivity index (χ1n) is 8.48. The number of ether oxygens (including phenoxy) is 1. The summed E-state index contributed by atoms with van der Waals surface area (Å²) in [6, 6.07) is 3.29. The molecule has 134 valence electrons. The van der Waals surface area contributed by atoms with Crippen LogP contribution in [-0.4, -0.2) is 38.7 Å². The summed E-state index contributed by atoms with van der Waals surface area (Å²) in [6.45, 7) is 4.83. The Labute approximate surface area is 143 Å². The summed E-state index contributed by atoms with van der Waals surface area (Å²) in [5, 5.41) is 6.66. The summed E-state index contributed by atoms with van der Waals surface area (Å²) in [5.74, 6) is 0.948. The number of amides is 1. The van der Waals surface area contributed by atoms with Gasteiger partial charge in [0.2, 0.25) is 0 Å². The molecule has 1 aromatic rings. The van der Waals surface area contributed by atoms with Crippen molar-refractivity contribution in [1.82, 2.24) is 10.6 Å². The lowest BCUT2D eigenvalue weighted by Crippen LogP contribution is -2.46. The summed E-state index contributed by atoms with van der Waals surface area (Å²) in [4.78, 5) is 15.6. The smallest absolute Gasteiger partial charge is 0.284 e. The second-order valence-electron chi connectivity index (χ2n) is 6.28. The molecular formula is C17H28N4O3. The Morgan fingerprint density at radius 1 is 1.42 bits per heavy atom. The van der Waals surface area contributed by atoms with Crippen LogP contribution in [0, 0.1) is 5.41 Å². The van der Waals surface area contributed by atoms with Crippen molar-refractivity contribution in [3.05, 3.63) is 23.7 Å². The maximum absolute atomic E-state index is 11.1. The minimum Gasteiger partial charge on any atom is -0.454 e. The van der Waals surface area contributed by atoms with Gasteiger partial charge in [-0.2, -0.15) is 0 Å². The van der Waals surface area contributed by atoms with Gasteiger partial charge in [-0.3, -0.25) is 4.79 Å². The molecule has 7 heteroatoms. The van der Waals surface area contributed by atoms with Gasteiger partial charge in [-0.1, -0.05) is 6.42 Å². The average Bonchev–Trinajstić information content (AvgIpc) is 3.00. The van der Waals surface area contributed by atoms with E-state index in [2.05, 4.69) is 15.6 Å². The lowest BCUT2D eigenvalue weighted by atomic mass is 9.67. The van der Waals surface area contributed by atoms with Crippen LogP contribution < -0.4 is 16.4 Å². The minimum atomic E-state index is -0.569. The van der Waals surface area contributed by atoms with Crippen molar-refractivity contribution in [3.63, 3.8) is 0 Å². The molecule has 0 aliphatic heterocycles. The lowest BCUT2D eigenvalue weighted by Gasteiger charge is -2.42. The highest BCUT2D eigenvalue weighted by Crippen LogP contribution is 2.43. The molecule has 1 heterocycles. The zero-order valence-corrected chi connectivity index (χ0v) is 14.6. The van der Waals surface area contributed by atoms with Crippen LogP contribution in [0.5, 0.6) is 0 Å². The summed E-state index contributed by atoms with van der Waals surface area (Å²) in [6.07, 6.45) is 4.79. The second-order valence-corrected chi connectivity index (χ2v) is 6.28. The SMILES string of the molecule is CCNC(=NCc1ccc(C(N)=O)o1)NCC1(CCOC)CCC1. The number of hydrogen-bond acceptors (Lipinski definition) is 4. The summed E-state index contributed by atoms with van der Waals surface area (Å²) >= 11 is 0. The zero-order valence-electron chi connectivity index (χ0n) is 14.6. The van der Waals surface area contributed by atoms with Crippen LogP contribution in [0.2, 0.25) is 0 Å². The predicted molar refractivity (Wildman–Crippen MR) is 92.8 cm³/mol. The van der Waals surface area contributed by atoms with Gasteiger partial charge in [0.25, 0.3) is 5.91 Å². The van der Waals surface area contributed by atoms with E-state index in [-0.39, 0.29) is 5.76 Å². The highest BCUT2D eigenvalue weighted by Gasteiger charge is 2.36. The second kappa shape index (κ2) is 8.73. The van der Waals surface area contributed by atoms with Crippen molar-refractivity contribution < 1.29 is 13.9 Å². The third kappa shape index (κ3) is 4.99. The molecule has 1 aromatic heterocycles. The molecule has 0 unspecified atom stereocenters. The number of aliphatic imine (C=N–C) groups is 1. The molecule has 1 fully saturated rings. The third-order valence-electron chi connectivity index (χ3n) is 4.52. The molecule has 0 bridgehead atoms. The predicted octanol–water partition coefficient (Wildman–Crippen LogP) is 1.64. The van der Waals surface area contributed by atoms with Crippen LogP contribution in [0.25, 0.3) is 0 Å². The zero-order chi connectivity index (χ0) is 17.4. The van der Waals surface area contributed by atoms with Crippen molar-refractivity contribution in [2.24, 2.45) is 16.1 Å². The molecule has 1 aliphatic rings. The minimum absolute atomic E-state index is 0.158. The Balaban J connectivity index is 1.91. The summed E-state index contributed by atoms with van der Waals surface area (Å²) in [7, 11) is 1.75. The van der Waals surface area contributed by atoms with E-state index in [1.165, 1.54) is 19.3 Å². The monoisotopic (exact) mass is 336 g/mol. The largest absolute Gasteiger partial charge is 0.454 e. The molecule has 0 spiro atoms. The fourth-order valence-corrected chi connectivity index (χ4v) is 2.88. The Bertz CT molecular complexity index is 564. The molecule has 1 amide bonds. The molecular weight excluding hydrogens is 308 g/mol. The van der Waals surface area contributed by atoms with E-state index in [1.54, 1.807) is 19.2 Å². The van der Waals surface area contributed by atoms with Crippen molar-refractivity contribution in [2.45, 2.75) is 39.2 Å². The quantitative estimate of drug-likeness (QED) is 0.470. The van der Waals surface area contributed by atoms with Crippen LogP contribution in [0.15, 0.2) is 21.5 Å². The number of nitrogens with zero attached hydrogens (tertiary/aromatic N) is 1. The van der Waals surface area contributed by atoms with Gasteiger partial charge in [0.05, 0.1) is 0 Å². The fraction of sp³-hybridized carbons (Fsp3) is 0.647. The van der Waals surface area contributed by atoms with Gasteiger partial charge in [0.15, 0.2) is 11.7 Å². The Morgan fingerprint density at radius 3 is 2.75 bits per heavy atom. The number of furan rings is 1. The fourth-order valence-electron chi connectivity index (χ4n) is 2.88. The van der Waals surface area contributed by atoms with Gasteiger partial charge in [-0.15, -0.1) is 0 Å². The molecule has 0 aromatic carbocycles. The Hall–Kier alpha value is -2.02. The van der Waals surface area contributed by atoms with Gasteiger partial charge in [-0.25, -0.2) is 4.99 Å². The highest BCUT2D eigenvalue weighted by atomic mass is 16.5. The van der Waals surface area contributed by atoms with E-state index in [1.807, 2.05) is 6.92 Å². The van der Waals surface area contributed by atoms with Crippen molar-refractivity contribution in [2.75, 3.05) is 26.8 Å². The van der Waals surface area contributed by atoms with Gasteiger partial charge in [0, 0.05) is 26.8 Å². The van der Waals surface area contributed by atoms with Gasteiger partial charge in [-0.05, 0) is 43.7 Å². The van der Waals surface area contributed by atoms with E-state index in [0.717, 1.165) is 32.1 Å². The number of rotatable bonds is 9. The van der Waals surface area contributed by atoms with E-state index in [0.29, 0.717) is 17.7 Å². The molecule has 24 heavy (non-hydrogen) atoms. The number of carbonyl (C=O) groups excluding carboxylic acids is 1. The number of hydrogen-bond donors (Lipinski definition) is 3. The van der Waals surface area contributed by atoms with Crippen LogP contribution in [0.3, 0.4) is 0 Å². The normalized spacial score (nSPS) is 16.5. The molecule has 0 atom stereocenters. The van der Waals surface area contributed by atoms with Crippen LogP contribution in [0.1, 0.15) is 48.9 Å². The first-order valence-corrected chi connectivity index (χ1v) is 8.48. The van der Waals surface area contributed by atoms with Crippen LogP contribution >= 0.6 is 0 Å². The van der Waals surface area contributed by atoms with E-state index in [9.17, 15) is 4.79 Å². The number of nitrogens with one attached hydrogen (secondary N) is 2. The maximum Gasteiger partial charge on any atom is 0.284 e. The molecule has 0 saturated heterocycles. The molecule has 4 N–H and O–H groups in total. The van der Waals surface area contributed by atoms with Gasteiger partial charge in [0.1, 0.15) is 12.3 Å². The average molecular weight is 336 g/mol. The standard InChI is InChI=1S/C17H28N4O3/c1-3-19-16(20-11-13-5-6-14(24-13)15(18)22)21-12-17(7-4-8-17)9-10-23-2/h5-6H,3-4,7-12H2,1-2H3,(H2,18,22)(H2,19,20,21). The van der Waals surface area contributed by atoms with Gasteiger partial charge >= 0.3 is 0 Å². The molecule has 1 saturated carbocycles. The van der Waals surface area contributed by atoms with Crippen LogP contribution in [0.4, 0.5) is 0 Å². The van der Waals surface area contributed by atoms with E-state index >= 15 is 0 Å². The molecule has 1 aliphatic carbocycles. The van der Waals surface area contributed by atoms with Crippen LogP contribution in [-0.2, 0) is 11.3 Å². The topological polar surface area (TPSA) is 102 Å². The van der Waals surface area contributed by atoms with Crippen molar-refractivity contribution in [3.8, 4) is 0 Å². The van der Waals surface area contributed by atoms with E-state index in [4.69, 9.17) is 14.9 Å². The number of primary amides is 1. The summed E-state index contributed by atoms with van der Waals surface area (Å²) < 4.78 is 10.6. The third-order valence-corrected chi connectivity index (χ3v) is 4.52.